The van der Waals surface area contributed by atoms with Crippen molar-refractivity contribution in [1.29, 1.82) is 0 Å². The van der Waals surface area contributed by atoms with E-state index in [1.807, 2.05) is 6.92 Å². The van der Waals surface area contributed by atoms with Crippen LogP contribution in [-0.4, -0.2) is 25.8 Å². The van der Waals surface area contributed by atoms with Gasteiger partial charge in [-0.25, -0.2) is 14.7 Å². The van der Waals surface area contributed by atoms with Gasteiger partial charge < -0.3 is 10.8 Å². The van der Waals surface area contributed by atoms with Crippen molar-refractivity contribution in [2.24, 2.45) is 0 Å². The predicted octanol–water partition coefficient (Wildman–Crippen LogP) is 1.02. The summed E-state index contributed by atoms with van der Waals surface area (Å²) in [6.45, 7) is 2.34. The van der Waals surface area contributed by atoms with Crippen LogP contribution in [0.1, 0.15) is 17.3 Å². The van der Waals surface area contributed by atoms with Crippen LogP contribution in [0.15, 0.2) is 33.0 Å². The van der Waals surface area contributed by atoms with Crippen LogP contribution in [0.4, 0.5) is 5.69 Å². The van der Waals surface area contributed by atoms with Crippen molar-refractivity contribution < 1.29 is 9.90 Å². The molecule has 0 unspecified atom stereocenters. The van der Waals surface area contributed by atoms with Gasteiger partial charge in [0.2, 0.25) is 0 Å². The molecule has 0 aliphatic rings. The maximum atomic E-state index is 11.4. The van der Waals surface area contributed by atoms with Crippen LogP contribution in [0.5, 0.6) is 0 Å². The summed E-state index contributed by atoms with van der Waals surface area (Å²) in [5, 5.41) is 15.7. The molecule has 0 atom stereocenters. The molecule has 19 heavy (non-hydrogen) atoms. The Morgan fingerprint density at radius 1 is 1.58 bits per heavy atom. The molecule has 7 nitrogen and oxygen atoms in total. The Labute approximate surface area is 112 Å². The number of rotatable bonds is 4. The lowest BCUT2D eigenvalue weighted by molar-refractivity contribution is 0.0698. The number of aromatic carboxylic acids is 1. The second-order valence-corrected chi connectivity index (χ2v) is 4.75. The van der Waals surface area contributed by atoms with Crippen LogP contribution in [0.3, 0.4) is 0 Å². The van der Waals surface area contributed by atoms with E-state index < -0.39 is 5.97 Å². The van der Waals surface area contributed by atoms with E-state index in [9.17, 15) is 9.59 Å². The zero-order chi connectivity index (χ0) is 14.0. The van der Waals surface area contributed by atoms with Crippen LogP contribution in [-0.2, 0) is 6.54 Å². The SMILES string of the molecule is CCn1c(Sc2ccc(C(=O)O)c(N)c2)n[nH]c1=O. The van der Waals surface area contributed by atoms with E-state index in [1.54, 1.807) is 12.1 Å². The average Bonchev–Trinajstić information content (AvgIpc) is 2.69. The quantitative estimate of drug-likeness (QED) is 0.720. The first-order valence-electron chi connectivity index (χ1n) is 5.48. The summed E-state index contributed by atoms with van der Waals surface area (Å²) < 4.78 is 1.48. The fraction of sp³-hybridized carbons (Fsp3) is 0.182. The average molecular weight is 280 g/mol. The Kier molecular flexibility index (Phi) is 3.61. The van der Waals surface area contributed by atoms with Crippen LogP contribution >= 0.6 is 11.8 Å². The molecule has 0 radical (unpaired) electrons. The highest BCUT2D eigenvalue weighted by Crippen LogP contribution is 2.28. The first kappa shape index (κ1) is 13.2. The van der Waals surface area contributed by atoms with Gasteiger partial charge in [0.15, 0.2) is 5.16 Å². The summed E-state index contributed by atoms with van der Waals surface area (Å²) in [7, 11) is 0. The molecule has 0 fully saturated rings. The molecule has 1 aromatic heterocycles. The van der Waals surface area contributed by atoms with E-state index in [-0.39, 0.29) is 16.9 Å². The van der Waals surface area contributed by atoms with Crippen molar-refractivity contribution in [2.45, 2.75) is 23.5 Å². The van der Waals surface area contributed by atoms with E-state index in [2.05, 4.69) is 10.2 Å². The molecule has 0 spiro atoms. The van der Waals surface area contributed by atoms with Crippen molar-refractivity contribution in [3.8, 4) is 0 Å². The second-order valence-electron chi connectivity index (χ2n) is 3.71. The molecule has 0 amide bonds. The molecule has 100 valence electrons. The molecular weight excluding hydrogens is 268 g/mol. The highest BCUT2D eigenvalue weighted by atomic mass is 32.2. The van der Waals surface area contributed by atoms with Crippen LogP contribution in [0.25, 0.3) is 0 Å². The molecule has 0 aliphatic heterocycles. The van der Waals surface area contributed by atoms with Gasteiger partial charge in [0.25, 0.3) is 0 Å². The Morgan fingerprint density at radius 2 is 2.32 bits per heavy atom. The second kappa shape index (κ2) is 5.19. The summed E-state index contributed by atoms with van der Waals surface area (Å²) in [6.07, 6.45) is 0. The number of carbonyl (C=O) groups is 1. The maximum absolute atomic E-state index is 11.4. The van der Waals surface area contributed by atoms with E-state index in [0.29, 0.717) is 11.7 Å². The van der Waals surface area contributed by atoms with Crippen molar-refractivity contribution in [2.75, 3.05) is 5.73 Å². The maximum Gasteiger partial charge on any atom is 0.343 e. The monoisotopic (exact) mass is 280 g/mol. The summed E-state index contributed by atoms with van der Waals surface area (Å²) in [5.74, 6) is -1.07. The third-order valence-electron chi connectivity index (χ3n) is 2.50. The number of nitrogens with two attached hydrogens (primary N) is 1. The normalized spacial score (nSPS) is 10.6. The molecule has 0 bridgehead atoms. The number of carboxylic acids is 1. The number of nitrogen functional groups attached to an aromatic ring is 1. The fourth-order valence-corrected chi connectivity index (χ4v) is 2.51. The smallest absolute Gasteiger partial charge is 0.343 e. The van der Waals surface area contributed by atoms with Crippen molar-refractivity contribution in [3.05, 3.63) is 34.2 Å². The molecule has 0 aliphatic carbocycles. The first-order chi connectivity index (χ1) is 9.02. The number of hydrogen-bond donors (Lipinski definition) is 3. The number of aromatic amines is 1. The Morgan fingerprint density at radius 3 is 2.89 bits per heavy atom. The Balaban J connectivity index is 2.31. The molecule has 1 heterocycles. The zero-order valence-electron chi connectivity index (χ0n) is 10.1. The number of benzene rings is 1. The summed E-state index contributed by atoms with van der Waals surface area (Å²) in [5.41, 5.74) is 5.62. The van der Waals surface area contributed by atoms with Crippen LogP contribution < -0.4 is 11.4 Å². The minimum absolute atomic E-state index is 0.0549. The van der Waals surface area contributed by atoms with Crippen molar-refractivity contribution in [3.63, 3.8) is 0 Å². The lowest BCUT2D eigenvalue weighted by atomic mass is 10.2. The number of nitrogens with one attached hydrogen (secondary N) is 1. The third-order valence-corrected chi connectivity index (χ3v) is 3.49. The number of anilines is 1. The molecule has 0 saturated carbocycles. The van der Waals surface area contributed by atoms with Gasteiger partial charge in [-0.2, -0.15) is 0 Å². The van der Waals surface area contributed by atoms with Gasteiger partial charge in [-0.05, 0) is 36.9 Å². The van der Waals surface area contributed by atoms with Crippen molar-refractivity contribution >= 4 is 23.4 Å². The minimum Gasteiger partial charge on any atom is -0.478 e. The highest BCUT2D eigenvalue weighted by Gasteiger charge is 2.11. The van der Waals surface area contributed by atoms with Gasteiger partial charge in [0.05, 0.1) is 5.56 Å². The van der Waals surface area contributed by atoms with Gasteiger partial charge in [-0.15, -0.1) is 5.10 Å². The molecule has 2 aromatic rings. The number of H-pyrrole nitrogens is 1. The van der Waals surface area contributed by atoms with Crippen molar-refractivity contribution in [1.82, 2.24) is 14.8 Å². The van der Waals surface area contributed by atoms with E-state index in [4.69, 9.17) is 10.8 Å². The van der Waals surface area contributed by atoms with Gasteiger partial charge in [-0.1, -0.05) is 0 Å². The molecule has 1 aromatic carbocycles. The van der Waals surface area contributed by atoms with Crippen LogP contribution in [0.2, 0.25) is 0 Å². The first-order valence-corrected chi connectivity index (χ1v) is 6.30. The molecule has 2 rings (SSSR count). The number of carboxylic acid groups (broad SMARTS) is 1. The standard InChI is InChI=1S/C11H12N4O3S/c1-2-15-10(18)13-14-11(15)19-6-3-4-7(9(16)17)8(12)5-6/h3-5H,2,12H2,1H3,(H,13,18)(H,16,17). The van der Waals surface area contributed by atoms with Gasteiger partial charge >= 0.3 is 11.7 Å². The van der Waals surface area contributed by atoms with E-state index in [0.717, 1.165) is 4.90 Å². The largest absolute Gasteiger partial charge is 0.478 e. The number of hydrogen-bond acceptors (Lipinski definition) is 5. The number of nitrogens with zero attached hydrogens (tertiary/aromatic N) is 2. The summed E-state index contributed by atoms with van der Waals surface area (Å²) in [4.78, 5) is 23.0. The molecule has 4 N–H and O–H groups in total. The third kappa shape index (κ3) is 2.63. The summed E-state index contributed by atoms with van der Waals surface area (Å²) in [6, 6.07) is 4.61. The van der Waals surface area contributed by atoms with Gasteiger partial charge in [0, 0.05) is 17.1 Å². The van der Waals surface area contributed by atoms with E-state index in [1.165, 1.54) is 22.4 Å². The Bertz CT molecular complexity index is 677. The van der Waals surface area contributed by atoms with Crippen LogP contribution in [0, 0.1) is 0 Å². The predicted molar refractivity (Wildman–Crippen MR) is 70.5 cm³/mol. The lowest BCUT2D eigenvalue weighted by Crippen LogP contribution is -2.16. The fourth-order valence-electron chi connectivity index (χ4n) is 1.56. The molecule has 0 saturated heterocycles. The highest BCUT2D eigenvalue weighted by molar-refractivity contribution is 7.99. The topological polar surface area (TPSA) is 114 Å². The van der Waals surface area contributed by atoms with Gasteiger partial charge in [-0.3, -0.25) is 4.57 Å². The Hall–Kier alpha value is -2.22. The number of aromatic nitrogens is 3. The van der Waals surface area contributed by atoms with Gasteiger partial charge in [0.1, 0.15) is 0 Å². The van der Waals surface area contributed by atoms with E-state index >= 15 is 0 Å². The summed E-state index contributed by atoms with van der Waals surface area (Å²) >= 11 is 1.24. The lowest BCUT2D eigenvalue weighted by Gasteiger charge is -2.05. The molecular formula is C11H12N4O3S. The molecule has 8 heteroatoms. The zero-order valence-corrected chi connectivity index (χ0v) is 10.9. The minimum atomic E-state index is -1.07.